The Balaban J connectivity index is 1.69. The number of rotatable bonds is 7. The zero-order chi connectivity index (χ0) is 20.3. The average Bonchev–Trinajstić information content (AvgIpc) is 2.95. The number of hydrogen-bond donors (Lipinski definition) is 2. The minimum atomic E-state index is -1.09. The lowest BCUT2D eigenvalue weighted by atomic mass is 9.87. The third-order valence-corrected chi connectivity index (χ3v) is 6.03. The van der Waals surface area contributed by atoms with E-state index in [9.17, 15) is 14.7 Å². The molecule has 1 aromatic rings. The summed E-state index contributed by atoms with van der Waals surface area (Å²) >= 11 is 0. The van der Waals surface area contributed by atoms with Crippen LogP contribution in [0.2, 0.25) is 0 Å². The fraction of sp³-hybridized carbons (Fsp3) is 0.619. The Labute approximate surface area is 166 Å². The Morgan fingerprint density at radius 2 is 1.86 bits per heavy atom. The summed E-state index contributed by atoms with van der Waals surface area (Å²) in [6, 6.07) is 6.71. The average molecular weight is 389 g/mol. The number of hydrogen-bond acceptors (Lipinski definition) is 5. The number of carbonyl (C=O) groups excluding carboxylic acids is 2. The first-order chi connectivity index (χ1) is 13.4. The molecule has 0 aromatic heterocycles. The second kappa shape index (κ2) is 8.49. The van der Waals surface area contributed by atoms with E-state index in [0.717, 1.165) is 36.4 Å². The third-order valence-electron chi connectivity index (χ3n) is 6.03. The first-order valence-corrected chi connectivity index (χ1v) is 10.1. The normalized spacial score (nSPS) is 25.1. The molecule has 2 unspecified atom stereocenters. The van der Waals surface area contributed by atoms with Crippen molar-refractivity contribution in [3.63, 3.8) is 0 Å². The highest BCUT2D eigenvalue weighted by Gasteiger charge is 2.51. The van der Waals surface area contributed by atoms with Crippen molar-refractivity contribution in [3.8, 4) is 5.75 Å². The molecule has 2 heterocycles. The van der Waals surface area contributed by atoms with Crippen LogP contribution >= 0.6 is 0 Å². The van der Waals surface area contributed by atoms with Gasteiger partial charge in [-0.05, 0) is 56.0 Å². The van der Waals surface area contributed by atoms with Gasteiger partial charge in [-0.2, -0.15) is 0 Å². The van der Waals surface area contributed by atoms with Gasteiger partial charge in [-0.15, -0.1) is 0 Å². The standard InChI is InChI=1S/C21H31N3O4/c1-4-21(16-5-7-18(28-3)8-6-16)19(26)24(20(27)22-21)14-17(25)13-23-11-9-15(2)10-12-23/h5-8,15,17,25H,4,9-14H2,1-3H3,(H,22,27). The predicted molar refractivity (Wildman–Crippen MR) is 106 cm³/mol. The van der Waals surface area contributed by atoms with Crippen LogP contribution in [0.4, 0.5) is 4.79 Å². The van der Waals surface area contributed by atoms with Crippen LogP contribution in [-0.4, -0.2) is 66.2 Å². The van der Waals surface area contributed by atoms with Gasteiger partial charge in [-0.3, -0.25) is 9.69 Å². The van der Waals surface area contributed by atoms with Crippen LogP contribution in [0.25, 0.3) is 0 Å². The number of β-amino-alcohol motifs (C(OH)–C–C–N with tert-alkyl or cyclic N) is 1. The molecule has 28 heavy (non-hydrogen) atoms. The lowest BCUT2D eigenvalue weighted by Crippen LogP contribution is -2.46. The minimum absolute atomic E-state index is 0.00856. The summed E-state index contributed by atoms with van der Waals surface area (Å²) in [7, 11) is 1.58. The molecule has 2 fully saturated rings. The molecule has 2 atom stereocenters. The van der Waals surface area contributed by atoms with Gasteiger partial charge in [0.15, 0.2) is 0 Å². The van der Waals surface area contributed by atoms with E-state index >= 15 is 0 Å². The molecule has 0 radical (unpaired) electrons. The minimum Gasteiger partial charge on any atom is -0.497 e. The van der Waals surface area contributed by atoms with Crippen LogP contribution < -0.4 is 10.1 Å². The summed E-state index contributed by atoms with van der Waals surface area (Å²) in [5.41, 5.74) is -0.375. The number of aliphatic hydroxyl groups excluding tert-OH is 1. The number of piperidine rings is 1. The number of ether oxygens (including phenoxy) is 1. The highest BCUT2D eigenvalue weighted by molar-refractivity contribution is 6.07. The Kier molecular flexibility index (Phi) is 6.25. The maximum atomic E-state index is 13.2. The molecule has 0 aliphatic carbocycles. The van der Waals surface area contributed by atoms with Crippen molar-refractivity contribution in [2.24, 2.45) is 5.92 Å². The van der Waals surface area contributed by atoms with Crippen LogP contribution in [0.1, 0.15) is 38.7 Å². The Hall–Kier alpha value is -2.12. The van der Waals surface area contributed by atoms with Crippen molar-refractivity contribution in [1.82, 2.24) is 15.1 Å². The molecule has 2 N–H and O–H groups in total. The maximum absolute atomic E-state index is 13.2. The highest BCUT2D eigenvalue weighted by Crippen LogP contribution is 2.33. The van der Waals surface area contributed by atoms with Crippen LogP contribution in [0, 0.1) is 5.92 Å². The summed E-state index contributed by atoms with van der Waals surface area (Å²) in [6.45, 7) is 6.49. The van der Waals surface area contributed by atoms with Crippen molar-refractivity contribution in [3.05, 3.63) is 29.8 Å². The van der Waals surface area contributed by atoms with Crippen molar-refractivity contribution >= 4 is 11.9 Å². The van der Waals surface area contributed by atoms with Gasteiger partial charge in [0.2, 0.25) is 0 Å². The Bertz CT molecular complexity index is 700. The maximum Gasteiger partial charge on any atom is 0.325 e. The molecule has 7 nitrogen and oxygen atoms in total. The Morgan fingerprint density at radius 1 is 1.21 bits per heavy atom. The zero-order valence-corrected chi connectivity index (χ0v) is 17.0. The topological polar surface area (TPSA) is 82.1 Å². The fourth-order valence-corrected chi connectivity index (χ4v) is 4.12. The van der Waals surface area contributed by atoms with Crippen LogP contribution in [0.5, 0.6) is 5.75 Å². The van der Waals surface area contributed by atoms with E-state index < -0.39 is 17.7 Å². The number of nitrogens with one attached hydrogen (secondary N) is 1. The van der Waals surface area contributed by atoms with Gasteiger partial charge in [0, 0.05) is 6.54 Å². The van der Waals surface area contributed by atoms with E-state index in [2.05, 4.69) is 17.1 Å². The first kappa shape index (κ1) is 20.6. The van der Waals surface area contributed by atoms with Gasteiger partial charge in [0.25, 0.3) is 5.91 Å². The molecule has 1 aromatic carbocycles. The largest absolute Gasteiger partial charge is 0.497 e. The van der Waals surface area contributed by atoms with Crippen LogP contribution in [-0.2, 0) is 10.3 Å². The predicted octanol–water partition coefficient (Wildman–Crippen LogP) is 1.95. The highest BCUT2D eigenvalue weighted by atomic mass is 16.5. The first-order valence-electron chi connectivity index (χ1n) is 10.1. The molecule has 2 aliphatic rings. The number of nitrogens with zero attached hydrogens (tertiary/aromatic N) is 2. The number of urea groups is 1. The van der Waals surface area contributed by atoms with E-state index in [0.29, 0.717) is 24.6 Å². The van der Waals surface area contributed by atoms with Crippen LogP contribution in [0.3, 0.4) is 0 Å². The third kappa shape index (κ3) is 4.00. The monoisotopic (exact) mass is 389 g/mol. The van der Waals surface area contributed by atoms with E-state index in [1.165, 1.54) is 0 Å². The summed E-state index contributed by atoms with van der Waals surface area (Å²) in [5.74, 6) is 1.10. The fourth-order valence-electron chi connectivity index (χ4n) is 4.12. The molecular formula is C21H31N3O4. The van der Waals surface area contributed by atoms with Crippen molar-refractivity contribution in [2.45, 2.75) is 44.8 Å². The molecule has 3 rings (SSSR count). The van der Waals surface area contributed by atoms with E-state index in [1.807, 2.05) is 6.92 Å². The number of aliphatic hydroxyl groups is 1. The number of carbonyl (C=O) groups is 2. The van der Waals surface area contributed by atoms with Gasteiger partial charge in [0.1, 0.15) is 11.3 Å². The molecule has 0 saturated carbocycles. The van der Waals surface area contributed by atoms with Gasteiger partial charge >= 0.3 is 6.03 Å². The van der Waals surface area contributed by atoms with Crippen LogP contribution in [0.15, 0.2) is 24.3 Å². The van der Waals surface area contributed by atoms with E-state index in [4.69, 9.17) is 4.74 Å². The van der Waals surface area contributed by atoms with Crippen molar-refractivity contribution in [2.75, 3.05) is 33.3 Å². The summed E-state index contributed by atoms with van der Waals surface area (Å²) < 4.78 is 5.18. The summed E-state index contributed by atoms with van der Waals surface area (Å²) in [6.07, 6.45) is 1.91. The lowest BCUT2D eigenvalue weighted by molar-refractivity contribution is -0.132. The van der Waals surface area contributed by atoms with Crippen molar-refractivity contribution in [1.29, 1.82) is 0 Å². The number of likely N-dealkylation sites (tertiary alicyclic amines) is 1. The molecule has 0 spiro atoms. The summed E-state index contributed by atoms with van der Waals surface area (Å²) in [4.78, 5) is 29.1. The molecule has 2 aliphatic heterocycles. The Morgan fingerprint density at radius 3 is 2.43 bits per heavy atom. The van der Waals surface area contributed by atoms with E-state index in [-0.39, 0.29) is 12.5 Å². The van der Waals surface area contributed by atoms with Gasteiger partial charge in [-0.1, -0.05) is 26.0 Å². The number of amides is 3. The zero-order valence-electron chi connectivity index (χ0n) is 17.0. The molecule has 0 bridgehead atoms. The van der Waals surface area contributed by atoms with E-state index in [1.54, 1.807) is 31.4 Å². The lowest BCUT2D eigenvalue weighted by Gasteiger charge is -2.32. The van der Waals surface area contributed by atoms with Crippen molar-refractivity contribution < 1.29 is 19.4 Å². The SMILES string of the molecule is CCC1(c2ccc(OC)cc2)NC(=O)N(CC(O)CN2CCC(C)CC2)C1=O. The smallest absolute Gasteiger partial charge is 0.325 e. The quantitative estimate of drug-likeness (QED) is 0.697. The summed E-state index contributed by atoms with van der Waals surface area (Å²) in [5, 5.41) is 13.4. The number of methoxy groups -OCH3 is 1. The molecular weight excluding hydrogens is 358 g/mol. The molecule has 2 saturated heterocycles. The molecule has 154 valence electrons. The second-order valence-corrected chi connectivity index (χ2v) is 7.97. The second-order valence-electron chi connectivity index (χ2n) is 7.97. The number of benzene rings is 1. The molecule has 3 amide bonds. The molecule has 7 heteroatoms. The van der Waals surface area contributed by atoms with Gasteiger partial charge in [-0.25, -0.2) is 4.79 Å². The van der Waals surface area contributed by atoms with Gasteiger partial charge < -0.3 is 20.1 Å². The number of imide groups is 1. The van der Waals surface area contributed by atoms with Gasteiger partial charge in [0.05, 0.1) is 19.8 Å².